The molecule has 0 aliphatic rings. The van der Waals surface area contributed by atoms with Gasteiger partial charge in [0, 0.05) is 36.6 Å². The van der Waals surface area contributed by atoms with Gasteiger partial charge in [-0.05, 0) is 23.8 Å². The Morgan fingerprint density at radius 2 is 1.81 bits per heavy atom. The van der Waals surface area contributed by atoms with Gasteiger partial charge in [0.05, 0.1) is 0 Å². The lowest BCUT2D eigenvalue weighted by molar-refractivity contribution is -0.118. The summed E-state index contributed by atoms with van der Waals surface area (Å²) in [4.78, 5) is 10.6. The average molecular weight is 261 g/mol. The van der Waals surface area contributed by atoms with Gasteiger partial charge >= 0.3 is 0 Å². The normalized spacial score (nSPS) is 10.2. The van der Waals surface area contributed by atoms with E-state index in [1.165, 1.54) is 6.92 Å². The summed E-state index contributed by atoms with van der Waals surface area (Å²) in [6.45, 7) is 3.50. The van der Waals surface area contributed by atoms with E-state index in [1.54, 1.807) is 6.07 Å². The summed E-state index contributed by atoms with van der Waals surface area (Å²) in [5.41, 5.74) is 1.03. The lowest BCUT2D eigenvalue weighted by atomic mass is 10.2. The van der Waals surface area contributed by atoms with Crippen molar-refractivity contribution in [1.29, 1.82) is 0 Å². The van der Waals surface area contributed by atoms with E-state index in [0.29, 0.717) is 29.7 Å². The van der Waals surface area contributed by atoms with Crippen molar-refractivity contribution >= 4 is 29.1 Å². The van der Waals surface area contributed by atoms with Crippen LogP contribution in [0.3, 0.4) is 0 Å². The Morgan fingerprint density at radius 1 is 1.19 bits per heavy atom. The van der Waals surface area contributed by atoms with Crippen LogP contribution < -0.4 is 10.6 Å². The lowest BCUT2D eigenvalue weighted by Crippen LogP contribution is -2.29. The van der Waals surface area contributed by atoms with E-state index < -0.39 is 0 Å². The second-order valence-electron chi connectivity index (χ2n) is 3.44. The first kappa shape index (κ1) is 13.3. The van der Waals surface area contributed by atoms with Crippen LogP contribution in [0, 0.1) is 0 Å². The molecule has 1 rings (SSSR count). The van der Waals surface area contributed by atoms with Crippen LogP contribution in [0.1, 0.15) is 12.5 Å². The predicted octanol–water partition coefficient (Wildman–Crippen LogP) is 2.22. The molecule has 0 aliphatic carbocycles. The molecule has 88 valence electrons. The van der Waals surface area contributed by atoms with Crippen molar-refractivity contribution in [2.24, 2.45) is 0 Å². The molecular weight excluding hydrogens is 247 g/mol. The van der Waals surface area contributed by atoms with Gasteiger partial charge in [-0.3, -0.25) is 4.79 Å². The number of rotatable bonds is 5. The molecule has 0 heterocycles. The largest absolute Gasteiger partial charge is 0.355 e. The summed E-state index contributed by atoms with van der Waals surface area (Å²) in [7, 11) is 0. The minimum Gasteiger partial charge on any atom is -0.355 e. The van der Waals surface area contributed by atoms with Gasteiger partial charge in [0.2, 0.25) is 5.91 Å². The smallest absolute Gasteiger partial charge is 0.216 e. The number of benzene rings is 1. The Bertz CT molecular complexity index is 349. The minimum atomic E-state index is -0.0207. The van der Waals surface area contributed by atoms with E-state index in [0.717, 1.165) is 5.56 Å². The van der Waals surface area contributed by atoms with Gasteiger partial charge in [-0.2, -0.15) is 0 Å². The monoisotopic (exact) mass is 260 g/mol. The number of halogens is 2. The van der Waals surface area contributed by atoms with Gasteiger partial charge in [0.25, 0.3) is 0 Å². The molecule has 0 aromatic heterocycles. The topological polar surface area (TPSA) is 41.1 Å². The van der Waals surface area contributed by atoms with Gasteiger partial charge in [-0.15, -0.1) is 0 Å². The minimum absolute atomic E-state index is 0.0207. The Labute approximate surface area is 105 Å². The third-order valence-corrected chi connectivity index (χ3v) is 2.36. The molecule has 0 unspecified atom stereocenters. The highest BCUT2D eigenvalue weighted by molar-refractivity contribution is 6.34. The fraction of sp³-hybridized carbons (Fsp3) is 0.364. The lowest BCUT2D eigenvalue weighted by Gasteiger charge is -2.06. The second kappa shape index (κ2) is 6.74. The quantitative estimate of drug-likeness (QED) is 0.798. The summed E-state index contributed by atoms with van der Waals surface area (Å²) < 4.78 is 0. The molecule has 5 heteroatoms. The molecule has 3 nitrogen and oxygen atoms in total. The van der Waals surface area contributed by atoms with E-state index in [2.05, 4.69) is 10.6 Å². The Morgan fingerprint density at radius 3 is 2.38 bits per heavy atom. The van der Waals surface area contributed by atoms with Crippen LogP contribution in [0.25, 0.3) is 0 Å². The number of nitrogens with one attached hydrogen (secondary N) is 2. The van der Waals surface area contributed by atoms with Crippen molar-refractivity contribution in [3.05, 3.63) is 33.8 Å². The molecule has 16 heavy (non-hydrogen) atoms. The number of carbonyl (C=O) groups excluding carboxylic acids is 1. The van der Waals surface area contributed by atoms with Crippen LogP contribution in [-0.4, -0.2) is 19.0 Å². The van der Waals surface area contributed by atoms with Gasteiger partial charge in [-0.1, -0.05) is 23.2 Å². The van der Waals surface area contributed by atoms with Crippen LogP contribution in [0.5, 0.6) is 0 Å². The van der Waals surface area contributed by atoms with E-state index in [4.69, 9.17) is 23.2 Å². The standard InChI is InChI=1S/C11H14Cl2N2O/c1-8(16)15-3-2-14-7-9-4-10(12)6-11(13)5-9/h4-6,14H,2-3,7H2,1H3,(H,15,16). The van der Waals surface area contributed by atoms with Gasteiger partial charge in [0.15, 0.2) is 0 Å². The van der Waals surface area contributed by atoms with Crippen LogP contribution in [0.4, 0.5) is 0 Å². The SMILES string of the molecule is CC(=O)NCCNCc1cc(Cl)cc(Cl)c1. The maximum absolute atomic E-state index is 10.6. The first-order chi connectivity index (χ1) is 7.58. The second-order valence-corrected chi connectivity index (χ2v) is 4.31. The average Bonchev–Trinajstić information content (AvgIpc) is 2.15. The molecule has 1 amide bonds. The van der Waals surface area contributed by atoms with Crippen LogP contribution in [0.2, 0.25) is 10.0 Å². The maximum Gasteiger partial charge on any atom is 0.216 e. The number of carbonyl (C=O) groups is 1. The zero-order valence-electron chi connectivity index (χ0n) is 9.02. The highest BCUT2D eigenvalue weighted by atomic mass is 35.5. The summed E-state index contributed by atoms with van der Waals surface area (Å²) in [5.74, 6) is -0.0207. The van der Waals surface area contributed by atoms with Crippen molar-refractivity contribution in [3.63, 3.8) is 0 Å². The molecule has 2 N–H and O–H groups in total. The first-order valence-electron chi connectivity index (χ1n) is 4.98. The third-order valence-electron chi connectivity index (χ3n) is 1.93. The van der Waals surface area contributed by atoms with Crippen molar-refractivity contribution in [2.45, 2.75) is 13.5 Å². The molecule has 0 saturated heterocycles. The predicted molar refractivity (Wildman–Crippen MR) is 66.9 cm³/mol. The van der Waals surface area contributed by atoms with Crippen LogP contribution in [-0.2, 0) is 11.3 Å². The molecular formula is C11H14Cl2N2O. The fourth-order valence-corrected chi connectivity index (χ4v) is 1.84. The fourth-order valence-electron chi connectivity index (χ4n) is 1.27. The maximum atomic E-state index is 10.6. The number of amides is 1. The summed E-state index contributed by atoms with van der Waals surface area (Å²) in [5, 5.41) is 7.14. The summed E-state index contributed by atoms with van der Waals surface area (Å²) >= 11 is 11.7. The zero-order chi connectivity index (χ0) is 12.0. The van der Waals surface area contributed by atoms with Crippen molar-refractivity contribution in [2.75, 3.05) is 13.1 Å². The number of hydrogen-bond acceptors (Lipinski definition) is 2. The van der Waals surface area contributed by atoms with E-state index in [1.807, 2.05) is 12.1 Å². The van der Waals surface area contributed by atoms with Gasteiger partial charge in [-0.25, -0.2) is 0 Å². The molecule has 0 atom stereocenters. The molecule has 0 bridgehead atoms. The molecule has 0 aliphatic heterocycles. The van der Waals surface area contributed by atoms with Crippen molar-refractivity contribution < 1.29 is 4.79 Å². The Balaban J connectivity index is 2.29. The summed E-state index contributed by atoms with van der Waals surface area (Å²) in [6.07, 6.45) is 0. The first-order valence-corrected chi connectivity index (χ1v) is 5.73. The van der Waals surface area contributed by atoms with Crippen LogP contribution >= 0.6 is 23.2 Å². The van der Waals surface area contributed by atoms with Gasteiger partial charge in [0.1, 0.15) is 0 Å². The van der Waals surface area contributed by atoms with Gasteiger partial charge < -0.3 is 10.6 Å². The Hall–Kier alpha value is -0.770. The zero-order valence-corrected chi connectivity index (χ0v) is 10.5. The molecule has 0 fully saturated rings. The highest BCUT2D eigenvalue weighted by Crippen LogP contribution is 2.18. The van der Waals surface area contributed by atoms with E-state index >= 15 is 0 Å². The summed E-state index contributed by atoms with van der Waals surface area (Å²) in [6, 6.07) is 5.42. The Kier molecular flexibility index (Phi) is 5.60. The highest BCUT2D eigenvalue weighted by Gasteiger charge is 1.98. The molecule has 0 saturated carbocycles. The van der Waals surface area contributed by atoms with Crippen LogP contribution in [0.15, 0.2) is 18.2 Å². The van der Waals surface area contributed by atoms with E-state index in [9.17, 15) is 4.79 Å². The van der Waals surface area contributed by atoms with Crippen molar-refractivity contribution in [3.8, 4) is 0 Å². The molecule has 1 aromatic carbocycles. The van der Waals surface area contributed by atoms with E-state index in [-0.39, 0.29) is 5.91 Å². The number of hydrogen-bond donors (Lipinski definition) is 2. The molecule has 1 aromatic rings. The third kappa shape index (κ3) is 5.35. The molecule has 0 spiro atoms. The van der Waals surface area contributed by atoms with Crippen molar-refractivity contribution in [1.82, 2.24) is 10.6 Å². The molecule has 0 radical (unpaired) electrons.